The van der Waals surface area contributed by atoms with Crippen LogP contribution in [0, 0.1) is 5.92 Å². The van der Waals surface area contributed by atoms with E-state index in [1.807, 2.05) is 29.4 Å². The van der Waals surface area contributed by atoms with Crippen molar-refractivity contribution in [3.8, 4) is 0 Å². The molecule has 1 aliphatic carbocycles. The Morgan fingerprint density at radius 2 is 2.20 bits per heavy atom. The van der Waals surface area contributed by atoms with Crippen LogP contribution in [0.2, 0.25) is 0 Å². The van der Waals surface area contributed by atoms with Gasteiger partial charge >= 0.3 is 6.03 Å². The number of aromatic nitrogens is 2. The summed E-state index contributed by atoms with van der Waals surface area (Å²) in [5.74, 6) is 0.599. The van der Waals surface area contributed by atoms with Crippen molar-refractivity contribution >= 4 is 17.1 Å². The van der Waals surface area contributed by atoms with E-state index >= 15 is 0 Å². The van der Waals surface area contributed by atoms with Crippen molar-refractivity contribution < 1.29 is 9.53 Å². The van der Waals surface area contributed by atoms with Crippen LogP contribution in [0.25, 0.3) is 11.0 Å². The lowest BCUT2D eigenvalue weighted by Gasteiger charge is -2.37. The molecule has 4 rings (SSSR count). The highest BCUT2D eigenvalue weighted by Crippen LogP contribution is 2.28. The third-order valence-electron chi connectivity index (χ3n) is 5.54. The molecule has 1 N–H and O–H groups in total. The molecule has 0 bridgehead atoms. The lowest BCUT2D eigenvalue weighted by molar-refractivity contribution is 0.0873. The number of ether oxygens (including phenoxy) is 1. The molecule has 1 saturated heterocycles. The zero-order chi connectivity index (χ0) is 17.2. The fourth-order valence-electron chi connectivity index (χ4n) is 4.16. The topological polar surface area (TPSA) is 59.4 Å². The van der Waals surface area contributed by atoms with E-state index < -0.39 is 0 Å². The molecular weight excluding hydrogens is 316 g/mol. The molecule has 1 aromatic carbocycles. The Labute approximate surface area is 148 Å². The molecular formula is C19H26N4O2. The summed E-state index contributed by atoms with van der Waals surface area (Å²) in [6.07, 6.45) is 6.08. The quantitative estimate of drug-likeness (QED) is 0.909. The van der Waals surface area contributed by atoms with Crippen molar-refractivity contribution in [1.82, 2.24) is 19.8 Å². The molecule has 0 spiro atoms. The van der Waals surface area contributed by atoms with Crippen LogP contribution in [0.5, 0.6) is 0 Å². The van der Waals surface area contributed by atoms with Crippen LogP contribution >= 0.6 is 0 Å². The number of methoxy groups -OCH3 is 1. The highest BCUT2D eigenvalue weighted by atomic mass is 16.5. The van der Waals surface area contributed by atoms with Crippen molar-refractivity contribution in [1.29, 1.82) is 0 Å². The Morgan fingerprint density at radius 3 is 3.04 bits per heavy atom. The van der Waals surface area contributed by atoms with E-state index in [1.54, 1.807) is 7.11 Å². The molecule has 25 heavy (non-hydrogen) atoms. The minimum atomic E-state index is 0.0905. The van der Waals surface area contributed by atoms with E-state index in [0.29, 0.717) is 12.0 Å². The van der Waals surface area contributed by atoms with Crippen LogP contribution in [-0.4, -0.2) is 52.8 Å². The lowest BCUT2D eigenvalue weighted by atomic mass is 9.81. The van der Waals surface area contributed by atoms with E-state index in [-0.39, 0.29) is 12.1 Å². The molecule has 2 heterocycles. The average Bonchev–Trinajstić information content (AvgIpc) is 3.21. The minimum absolute atomic E-state index is 0.0905. The van der Waals surface area contributed by atoms with Gasteiger partial charge in [0.2, 0.25) is 0 Å². The van der Waals surface area contributed by atoms with Gasteiger partial charge < -0.3 is 19.5 Å². The van der Waals surface area contributed by atoms with Gasteiger partial charge in [-0.25, -0.2) is 9.78 Å². The van der Waals surface area contributed by atoms with Crippen molar-refractivity contribution in [2.75, 3.05) is 20.3 Å². The standard InChI is InChI=1S/C19H26N4O2/c1-25-12-14-9-15(10-14)21-19(24)23-8-4-5-16(23)11-22-13-20-17-6-2-3-7-18(17)22/h2-3,6-7,13-16H,4-5,8-12H2,1H3,(H,21,24). The summed E-state index contributed by atoms with van der Waals surface area (Å²) in [4.78, 5) is 19.1. The molecule has 0 radical (unpaired) electrons. The first-order valence-electron chi connectivity index (χ1n) is 9.20. The molecule has 2 amide bonds. The van der Waals surface area contributed by atoms with Crippen molar-refractivity contribution in [3.63, 3.8) is 0 Å². The number of rotatable bonds is 5. The van der Waals surface area contributed by atoms with Crippen LogP contribution < -0.4 is 5.32 Å². The number of nitrogens with one attached hydrogen (secondary N) is 1. The minimum Gasteiger partial charge on any atom is -0.384 e. The molecule has 134 valence electrons. The SMILES string of the molecule is COCC1CC(NC(=O)N2CCCC2Cn2cnc3ccccc32)C1. The Bertz CT molecular complexity index is 738. The number of likely N-dealkylation sites (tertiary alicyclic amines) is 1. The summed E-state index contributed by atoms with van der Waals surface area (Å²) in [7, 11) is 1.74. The fourth-order valence-corrected chi connectivity index (χ4v) is 4.16. The number of hydrogen-bond acceptors (Lipinski definition) is 3. The number of benzene rings is 1. The number of nitrogens with zero attached hydrogens (tertiary/aromatic N) is 3. The maximum absolute atomic E-state index is 12.7. The third kappa shape index (κ3) is 3.35. The highest BCUT2D eigenvalue weighted by molar-refractivity contribution is 5.76. The molecule has 1 saturated carbocycles. The summed E-state index contributed by atoms with van der Waals surface area (Å²) in [5, 5.41) is 3.20. The molecule has 1 aromatic heterocycles. The van der Waals surface area contributed by atoms with E-state index in [4.69, 9.17) is 4.74 Å². The number of imidazole rings is 1. The van der Waals surface area contributed by atoms with Gasteiger partial charge in [-0.05, 0) is 43.7 Å². The van der Waals surface area contributed by atoms with Gasteiger partial charge in [-0.3, -0.25) is 0 Å². The molecule has 2 fully saturated rings. The predicted molar refractivity (Wildman–Crippen MR) is 96.4 cm³/mol. The van der Waals surface area contributed by atoms with E-state index in [0.717, 1.165) is 56.4 Å². The summed E-state index contributed by atoms with van der Waals surface area (Å²) in [6, 6.07) is 8.80. The molecule has 1 unspecified atom stereocenters. The first kappa shape index (κ1) is 16.4. The van der Waals surface area contributed by atoms with Gasteiger partial charge in [-0.15, -0.1) is 0 Å². The van der Waals surface area contributed by atoms with Crippen molar-refractivity contribution in [3.05, 3.63) is 30.6 Å². The van der Waals surface area contributed by atoms with Gasteiger partial charge in [0.15, 0.2) is 0 Å². The maximum atomic E-state index is 12.7. The zero-order valence-electron chi connectivity index (χ0n) is 14.7. The van der Waals surface area contributed by atoms with Crippen LogP contribution in [0.4, 0.5) is 4.79 Å². The molecule has 1 atom stereocenters. The monoisotopic (exact) mass is 342 g/mol. The molecule has 6 heteroatoms. The van der Waals surface area contributed by atoms with Gasteiger partial charge in [-0.2, -0.15) is 0 Å². The second kappa shape index (κ2) is 7.04. The van der Waals surface area contributed by atoms with Crippen molar-refractivity contribution in [2.24, 2.45) is 5.92 Å². The number of carbonyl (C=O) groups is 1. The Kier molecular flexibility index (Phi) is 4.61. The molecule has 6 nitrogen and oxygen atoms in total. The van der Waals surface area contributed by atoms with E-state index in [2.05, 4.69) is 20.9 Å². The largest absolute Gasteiger partial charge is 0.384 e. The lowest BCUT2D eigenvalue weighted by Crippen LogP contribution is -2.52. The third-order valence-corrected chi connectivity index (χ3v) is 5.54. The second-order valence-corrected chi connectivity index (χ2v) is 7.31. The number of carbonyl (C=O) groups excluding carboxylic acids is 1. The van der Waals surface area contributed by atoms with Crippen LogP contribution in [0.1, 0.15) is 25.7 Å². The average molecular weight is 342 g/mol. The normalized spacial score (nSPS) is 26.0. The smallest absolute Gasteiger partial charge is 0.317 e. The van der Waals surface area contributed by atoms with E-state index in [1.165, 1.54) is 0 Å². The Hall–Kier alpha value is -2.08. The first-order valence-corrected chi connectivity index (χ1v) is 9.20. The summed E-state index contributed by atoms with van der Waals surface area (Å²) >= 11 is 0. The zero-order valence-corrected chi connectivity index (χ0v) is 14.7. The van der Waals surface area contributed by atoms with Crippen molar-refractivity contribution in [2.45, 2.75) is 44.3 Å². The number of amides is 2. The molecule has 1 aliphatic heterocycles. The number of urea groups is 1. The molecule has 2 aliphatic rings. The van der Waals surface area contributed by atoms with Gasteiger partial charge in [-0.1, -0.05) is 12.1 Å². The van der Waals surface area contributed by atoms with Crippen LogP contribution in [0.15, 0.2) is 30.6 Å². The maximum Gasteiger partial charge on any atom is 0.317 e. The van der Waals surface area contributed by atoms with E-state index in [9.17, 15) is 4.79 Å². The number of hydrogen-bond donors (Lipinski definition) is 1. The Balaban J connectivity index is 1.36. The second-order valence-electron chi connectivity index (χ2n) is 7.31. The van der Waals surface area contributed by atoms with Gasteiger partial charge in [0, 0.05) is 32.8 Å². The van der Waals surface area contributed by atoms with Gasteiger partial charge in [0.1, 0.15) is 0 Å². The number of fused-ring (bicyclic) bond motifs is 1. The highest BCUT2D eigenvalue weighted by Gasteiger charge is 2.34. The van der Waals surface area contributed by atoms with Gasteiger partial charge in [0.25, 0.3) is 0 Å². The summed E-state index contributed by atoms with van der Waals surface area (Å²) in [6.45, 7) is 2.45. The first-order chi connectivity index (χ1) is 12.2. The fraction of sp³-hybridized carbons (Fsp3) is 0.579. The van der Waals surface area contributed by atoms with Crippen LogP contribution in [0.3, 0.4) is 0 Å². The number of para-hydroxylation sites is 2. The Morgan fingerprint density at radius 1 is 1.36 bits per heavy atom. The van der Waals surface area contributed by atoms with Crippen LogP contribution in [-0.2, 0) is 11.3 Å². The predicted octanol–water partition coefficient (Wildman–Crippen LogP) is 2.64. The van der Waals surface area contributed by atoms with Gasteiger partial charge in [0.05, 0.1) is 23.4 Å². The summed E-state index contributed by atoms with van der Waals surface area (Å²) in [5.41, 5.74) is 2.14. The molecule has 2 aromatic rings. The summed E-state index contributed by atoms with van der Waals surface area (Å²) < 4.78 is 7.35.